The first-order valence-electron chi connectivity index (χ1n) is 7.06. The largest absolute Gasteiger partial charge is 0.336 e. The summed E-state index contributed by atoms with van der Waals surface area (Å²) in [5, 5.41) is 2.70. The number of hydrazine groups is 1. The number of rotatable bonds is 3. The zero-order chi connectivity index (χ0) is 17.1. The predicted molar refractivity (Wildman–Crippen MR) is 94.1 cm³/mol. The molecule has 0 atom stereocenters. The molecule has 1 aliphatic rings. The van der Waals surface area contributed by atoms with Crippen LogP contribution in [0.5, 0.6) is 0 Å². The SMILES string of the molecule is O=C(NNC(=O)c1ccc(Br)s1)c1cccc(N2CCNC2=O)c1. The molecule has 0 saturated carbocycles. The fourth-order valence-electron chi connectivity index (χ4n) is 2.22. The summed E-state index contributed by atoms with van der Waals surface area (Å²) in [5.41, 5.74) is 5.71. The van der Waals surface area contributed by atoms with Crippen molar-refractivity contribution in [2.75, 3.05) is 18.0 Å². The lowest BCUT2D eigenvalue weighted by Gasteiger charge is -2.15. The third-order valence-corrected chi connectivity index (χ3v) is 4.99. The summed E-state index contributed by atoms with van der Waals surface area (Å²) in [7, 11) is 0. The standard InChI is InChI=1S/C15H13BrN4O3S/c16-12-5-4-11(24-12)14(22)19-18-13(21)9-2-1-3-10(8-9)20-7-6-17-15(20)23/h1-5,8H,6-7H2,(H,17,23)(H,18,21)(H,19,22). The topological polar surface area (TPSA) is 90.5 Å². The van der Waals surface area contributed by atoms with Crippen LogP contribution in [0.15, 0.2) is 40.2 Å². The Hall–Kier alpha value is -2.39. The molecule has 1 aromatic heterocycles. The molecule has 0 bridgehead atoms. The fraction of sp³-hybridized carbons (Fsp3) is 0.133. The van der Waals surface area contributed by atoms with Crippen LogP contribution in [0.25, 0.3) is 0 Å². The van der Waals surface area contributed by atoms with Gasteiger partial charge < -0.3 is 5.32 Å². The van der Waals surface area contributed by atoms with Crippen molar-refractivity contribution >= 4 is 50.8 Å². The van der Waals surface area contributed by atoms with Gasteiger partial charge in [0.15, 0.2) is 0 Å². The van der Waals surface area contributed by atoms with Crippen LogP contribution < -0.4 is 21.1 Å². The molecule has 1 fully saturated rings. The number of urea groups is 1. The van der Waals surface area contributed by atoms with Crippen molar-refractivity contribution in [3.8, 4) is 0 Å². The second-order valence-electron chi connectivity index (χ2n) is 4.95. The normalized spacial score (nSPS) is 13.5. The Labute approximate surface area is 150 Å². The first kappa shape index (κ1) is 16.5. The van der Waals surface area contributed by atoms with E-state index in [9.17, 15) is 14.4 Å². The molecule has 3 rings (SSSR count). The number of nitrogens with zero attached hydrogens (tertiary/aromatic N) is 1. The molecule has 7 nitrogen and oxygen atoms in total. The van der Waals surface area contributed by atoms with Crippen LogP contribution in [-0.2, 0) is 0 Å². The van der Waals surface area contributed by atoms with E-state index in [4.69, 9.17) is 0 Å². The molecule has 3 N–H and O–H groups in total. The third kappa shape index (κ3) is 3.57. The van der Waals surface area contributed by atoms with Crippen LogP contribution in [-0.4, -0.2) is 30.9 Å². The van der Waals surface area contributed by atoms with E-state index in [1.54, 1.807) is 41.3 Å². The third-order valence-electron chi connectivity index (χ3n) is 3.36. The van der Waals surface area contributed by atoms with Gasteiger partial charge >= 0.3 is 6.03 Å². The zero-order valence-electron chi connectivity index (χ0n) is 12.3. The molecule has 124 valence electrons. The lowest BCUT2D eigenvalue weighted by atomic mass is 10.2. The van der Waals surface area contributed by atoms with Crippen LogP contribution >= 0.6 is 27.3 Å². The van der Waals surface area contributed by atoms with Crippen LogP contribution in [0, 0.1) is 0 Å². The van der Waals surface area contributed by atoms with Crippen molar-refractivity contribution in [3.05, 3.63) is 50.6 Å². The Bertz CT molecular complexity index is 808. The quantitative estimate of drug-likeness (QED) is 0.679. The Morgan fingerprint density at radius 1 is 1.17 bits per heavy atom. The van der Waals surface area contributed by atoms with E-state index < -0.39 is 11.8 Å². The van der Waals surface area contributed by atoms with E-state index in [0.717, 1.165) is 3.79 Å². The highest BCUT2D eigenvalue weighted by Crippen LogP contribution is 2.21. The number of nitrogens with one attached hydrogen (secondary N) is 3. The summed E-state index contributed by atoms with van der Waals surface area (Å²) in [4.78, 5) is 37.8. The second kappa shape index (κ2) is 7.02. The number of halogens is 1. The van der Waals surface area contributed by atoms with Gasteiger partial charge in [-0.2, -0.15) is 0 Å². The van der Waals surface area contributed by atoms with E-state index in [1.807, 2.05) is 0 Å². The van der Waals surface area contributed by atoms with Crippen molar-refractivity contribution < 1.29 is 14.4 Å². The Balaban J connectivity index is 1.65. The molecule has 1 aliphatic heterocycles. The summed E-state index contributed by atoms with van der Waals surface area (Å²) >= 11 is 4.54. The molecule has 0 spiro atoms. The van der Waals surface area contributed by atoms with Gasteiger partial charge in [-0.05, 0) is 46.3 Å². The highest BCUT2D eigenvalue weighted by Gasteiger charge is 2.21. The average molecular weight is 409 g/mol. The van der Waals surface area contributed by atoms with E-state index in [0.29, 0.717) is 29.2 Å². The minimum absolute atomic E-state index is 0.191. The number of hydrogen-bond acceptors (Lipinski definition) is 4. The van der Waals surface area contributed by atoms with Gasteiger partial charge in [0, 0.05) is 24.3 Å². The van der Waals surface area contributed by atoms with Crippen LogP contribution in [0.1, 0.15) is 20.0 Å². The molecule has 2 aromatic rings. The highest BCUT2D eigenvalue weighted by molar-refractivity contribution is 9.11. The molecule has 24 heavy (non-hydrogen) atoms. The van der Waals surface area contributed by atoms with Gasteiger partial charge in [-0.3, -0.25) is 25.3 Å². The van der Waals surface area contributed by atoms with Gasteiger partial charge in [0.1, 0.15) is 0 Å². The summed E-state index contributed by atoms with van der Waals surface area (Å²) in [5.74, 6) is -0.852. The molecular weight excluding hydrogens is 396 g/mol. The van der Waals surface area contributed by atoms with Gasteiger partial charge in [-0.25, -0.2) is 4.79 Å². The summed E-state index contributed by atoms with van der Waals surface area (Å²) in [6.45, 7) is 1.12. The molecule has 4 amide bonds. The van der Waals surface area contributed by atoms with Crippen molar-refractivity contribution in [2.45, 2.75) is 0 Å². The number of carbonyl (C=O) groups excluding carboxylic acids is 3. The average Bonchev–Trinajstić information content (AvgIpc) is 3.21. The molecule has 0 radical (unpaired) electrons. The lowest BCUT2D eigenvalue weighted by Crippen LogP contribution is -2.41. The van der Waals surface area contributed by atoms with E-state index in [-0.39, 0.29) is 6.03 Å². The molecule has 1 aromatic carbocycles. The number of benzene rings is 1. The minimum Gasteiger partial charge on any atom is -0.336 e. The zero-order valence-corrected chi connectivity index (χ0v) is 14.7. The van der Waals surface area contributed by atoms with Gasteiger partial charge in [0.25, 0.3) is 11.8 Å². The Morgan fingerprint density at radius 3 is 2.62 bits per heavy atom. The maximum atomic E-state index is 12.2. The molecule has 2 heterocycles. The fourth-order valence-corrected chi connectivity index (χ4v) is 3.50. The molecule has 0 aliphatic carbocycles. The molecule has 1 saturated heterocycles. The number of thiophene rings is 1. The van der Waals surface area contributed by atoms with Crippen molar-refractivity contribution in [3.63, 3.8) is 0 Å². The Morgan fingerprint density at radius 2 is 1.96 bits per heavy atom. The number of hydrogen-bond donors (Lipinski definition) is 3. The van der Waals surface area contributed by atoms with Crippen LogP contribution in [0.2, 0.25) is 0 Å². The number of carbonyl (C=O) groups is 3. The predicted octanol–water partition coefficient (Wildman–Crippen LogP) is 2.12. The summed E-state index contributed by atoms with van der Waals surface area (Å²) in [6.07, 6.45) is 0. The molecular formula is C15H13BrN4O3S. The van der Waals surface area contributed by atoms with E-state index in [2.05, 4.69) is 32.1 Å². The maximum absolute atomic E-state index is 12.2. The van der Waals surface area contributed by atoms with Crippen LogP contribution in [0.3, 0.4) is 0 Å². The monoisotopic (exact) mass is 408 g/mol. The molecule has 9 heteroatoms. The van der Waals surface area contributed by atoms with E-state index in [1.165, 1.54) is 11.3 Å². The van der Waals surface area contributed by atoms with Crippen molar-refractivity contribution in [2.24, 2.45) is 0 Å². The Kier molecular flexibility index (Phi) is 4.81. The molecule has 0 unspecified atom stereocenters. The lowest BCUT2D eigenvalue weighted by molar-refractivity contribution is 0.0849. The van der Waals surface area contributed by atoms with Gasteiger partial charge in [-0.15, -0.1) is 11.3 Å². The van der Waals surface area contributed by atoms with Crippen molar-refractivity contribution in [1.29, 1.82) is 0 Å². The maximum Gasteiger partial charge on any atom is 0.321 e. The summed E-state index contributed by atoms with van der Waals surface area (Å²) < 4.78 is 0.829. The van der Waals surface area contributed by atoms with E-state index >= 15 is 0 Å². The number of anilines is 1. The van der Waals surface area contributed by atoms with Gasteiger partial charge in [-0.1, -0.05) is 6.07 Å². The van der Waals surface area contributed by atoms with Crippen LogP contribution in [0.4, 0.5) is 10.5 Å². The first-order chi connectivity index (χ1) is 11.5. The summed E-state index contributed by atoms with van der Waals surface area (Å²) in [6, 6.07) is 9.88. The highest BCUT2D eigenvalue weighted by atomic mass is 79.9. The first-order valence-corrected chi connectivity index (χ1v) is 8.67. The smallest absolute Gasteiger partial charge is 0.321 e. The second-order valence-corrected chi connectivity index (χ2v) is 7.41. The van der Waals surface area contributed by atoms with Gasteiger partial charge in [0.05, 0.1) is 8.66 Å². The van der Waals surface area contributed by atoms with Crippen molar-refractivity contribution in [1.82, 2.24) is 16.2 Å². The number of amides is 4. The minimum atomic E-state index is -0.458. The van der Waals surface area contributed by atoms with Gasteiger partial charge in [0.2, 0.25) is 0 Å².